The molecule has 4 nitrogen and oxygen atoms in total. The zero-order valence-corrected chi connectivity index (χ0v) is 13.6. The Morgan fingerprint density at radius 2 is 2.04 bits per heavy atom. The number of imidazole rings is 1. The number of halogens is 1. The molecule has 0 N–H and O–H groups in total. The molecule has 0 aliphatic heterocycles. The monoisotopic (exact) mass is 338 g/mol. The minimum absolute atomic E-state index is 0.400. The van der Waals surface area contributed by atoms with Gasteiger partial charge in [-0.1, -0.05) is 42.4 Å². The standard InChI is InChI=1S/C19H15ClN2O2/c1-14(12-22-10-9-21-13-22)17-7-2-3-8-18(17)24-19(23)15-5-4-6-16(20)11-15/h2-11,13H,1,12H2. The van der Waals surface area contributed by atoms with Gasteiger partial charge in [-0.25, -0.2) is 9.78 Å². The second-order valence-electron chi connectivity index (χ2n) is 5.23. The van der Waals surface area contributed by atoms with Crippen LogP contribution in [0.15, 0.2) is 73.8 Å². The summed E-state index contributed by atoms with van der Waals surface area (Å²) in [5.41, 5.74) is 2.00. The van der Waals surface area contributed by atoms with Crippen molar-refractivity contribution in [2.45, 2.75) is 6.54 Å². The molecule has 24 heavy (non-hydrogen) atoms. The van der Waals surface area contributed by atoms with E-state index in [9.17, 15) is 4.79 Å². The maximum Gasteiger partial charge on any atom is 0.343 e. The first-order chi connectivity index (χ1) is 11.6. The van der Waals surface area contributed by atoms with Gasteiger partial charge in [0.15, 0.2) is 0 Å². The molecule has 0 radical (unpaired) electrons. The Balaban J connectivity index is 1.81. The van der Waals surface area contributed by atoms with Crippen LogP contribution >= 0.6 is 11.6 Å². The van der Waals surface area contributed by atoms with E-state index in [-0.39, 0.29) is 0 Å². The highest BCUT2D eigenvalue weighted by atomic mass is 35.5. The summed E-state index contributed by atoms with van der Waals surface area (Å²) < 4.78 is 7.44. The maximum absolute atomic E-state index is 12.3. The number of hydrogen-bond donors (Lipinski definition) is 0. The van der Waals surface area contributed by atoms with Crippen LogP contribution in [-0.2, 0) is 6.54 Å². The number of carbonyl (C=O) groups is 1. The summed E-state index contributed by atoms with van der Waals surface area (Å²) in [6.45, 7) is 4.65. The van der Waals surface area contributed by atoms with E-state index >= 15 is 0 Å². The first-order valence-electron chi connectivity index (χ1n) is 7.34. The van der Waals surface area contributed by atoms with Crippen LogP contribution in [0.1, 0.15) is 15.9 Å². The number of allylic oxidation sites excluding steroid dienone is 1. The Labute approximate surface area is 145 Å². The molecule has 0 saturated carbocycles. The van der Waals surface area contributed by atoms with Crippen molar-refractivity contribution in [3.63, 3.8) is 0 Å². The Bertz CT molecular complexity index is 873. The lowest BCUT2D eigenvalue weighted by molar-refractivity contribution is 0.0734. The lowest BCUT2D eigenvalue weighted by atomic mass is 10.1. The first-order valence-corrected chi connectivity index (χ1v) is 7.72. The van der Waals surface area contributed by atoms with Crippen LogP contribution < -0.4 is 4.74 Å². The molecule has 0 fully saturated rings. The first kappa shape index (κ1) is 16.0. The molecule has 0 spiro atoms. The number of benzene rings is 2. The van der Waals surface area contributed by atoms with Crippen LogP contribution in [0.2, 0.25) is 5.02 Å². The summed E-state index contributed by atoms with van der Waals surface area (Å²) in [6, 6.07) is 14.0. The fourth-order valence-corrected chi connectivity index (χ4v) is 2.50. The molecule has 0 saturated heterocycles. The minimum Gasteiger partial charge on any atom is -0.422 e. The van der Waals surface area contributed by atoms with Gasteiger partial charge in [0.05, 0.1) is 11.9 Å². The van der Waals surface area contributed by atoms with Crippen molar-refractivity contribution < 1.29 is 9.53 Å². The SMILES string of the molecule is C=C(Cn1ccnc1)c1ccccc1OC(=O)c1cccc(Cl)c1. The van der Waals surface area contributed by atoms with Crippen molar-refractivity contribution in [1.29, 1.82) is 0 Å². The quantitative estimate of drug-likeness (QED) is 0.509. The molecule has 5 heteroatoms. The Kier molecular flexibility index (Phi) is 4.77. The lowest BCUT2D eigenvalue weighted by Crippen LogP contribution is -2.10. The Morgan fingerprint density at radius 3 is 2.79 bits per heavy atom. The zero-order chi connectivity index (χ0) is 16.9. The van der Waals surface area contributed by atoms with Gasteiger partial charge >= 0.3 is 5.97 Å². The van der Waals surface area contributed by atoms with E-state index in [4.69, 9.17) is 16.3 Å². The number of para-hydroxylation sites is 1. The molecule has 3 aromatic rings. The largest absolute Gasteiger partial charge is 0.422 e. The summed E-state index contributed by atoms with van der Waals surface area (Å²) in [7, 11) is 0. The van der Waals surface area contributed by atoms with E-state index in [1.54, 1.807) is 42.9 Å². The van der Waals surface area contributed by atoms with Crippen molar-refractivity contribution in [3.8, 4) is 5.75 Å². The second kappa shape index (κ2) is 7.15. The van der Waals surface area contributed by atoms with E-state index < -0.39 is 5.97 Å². The van der Waals surface area contributed by atoms with Gasteiger partial charge < -0.3 is 9.30 Å². The third kappa shape index (κ3) is 3.73. The van der Waals surface area contributed by atoms with Crippen LogP contribution in [0.3, 0.4) is 0 Å². The van der Waals surface area contributed by atoms with Gasteiger partial charge in [0, 0.05) is 29.5 Å². The average Bonchev–Trinajstić information content (AvgIpc) is 3.08. The number of esters is 1. The molecule has 120 valence electrons. The summed E-state index contributed by atoms with van der Waals surface area (Å²) in [6.07, 6.45) is 5.27. The molecule has 0 aliphatic rings. The molecule has 3 rings (SSSR count). The van der Waals surface area contributed by atoms with Crippen LogP contribution in [-0.4, -0.2) is 15.5 Å². The number of carbonyl (C=O) groups excluding carboxylic acids is 1. The molecule has 0 bridgehead atoms. The summed E-state index contributed by atoms with van der Waals surface area (Å²) >= 11 is 5.92. The number of nitrogens with zero attached hydrogens (tertiary/aromatic N) is 2. The Morgan fingerprint density at radius 1 is 1.21 bits per heavy atom. The van der Waals surface area contributed by atoms with Gasteiger partial charge in [-0.15, -0.1) is 0 Å². The van der Waals surface area contributed by atoms with Crippen LogP contribution in [0, 0.1) is 0 Å². The molecule has 0 amide bonds. The van der Waals surface area contributed by atoms with Crippen molar-refractivity contribution in [2.24, 2.45) is 0 Å². The van der Waals surface area contributed by atoms with Gasteiger partial charge in [0.2, 0.25) is 0 Å². The third-order valence-electron chi connectivity index (χ3n) is 3.46. The highest BCUT2D eigenvalue weighted by molar-refractivity contribution is 6.30. The molecular weight excluding hydrogens is 324 g/mol. The molecule has 0 unspecified atom stereocenters. The molecule has 1 heterocycles. The van der Waals surface area contributed by atoms with E-state index in [0.29, 0.717) is 22.9 Å². The van der Waals surface area contributed by atoms with Crippen molar-refractivity contribution in [2.75, 3.05) is 0 Å². The molecular formula is C19H15ClN2O2. The number of hydrogen-bond acceptors (Lipinski definition) is 3. The van der Waals surface area contributed by atoms with Crippen molar-refractivity contribution in [3.05, 3.63) is 90.0 Å². The fourth-order valence-electron chi connectivity index (χ4n) is 2.31. The predicted octanol–water partition coefficient (Wildman–Crippen LogP) is 4.47. The molecule has 0 aliphatic carbocycles. The highest BCUT2D eigenvalue weighted by Crippen LogP contribution is 2.27. The van der Waals surface area contributed by atoms with Crippen LogP contribution in [0.5, 0.6) is 5.75 Å². The lowest BCUT2D eigenvalue weighted by Gasteiger charge is -2.12. The minimum atomic E-state index is -0.458. The zero-order valence-electron chi connectivity index (χ0n) is 12.9. The highest BCUT2D eigenvalue weighted by Gasteiger charge is 2.13. The van der Waals surface area contributed by atoms with Crippen molar-refractivity contribution >= 4 is 23.1 Å². The average molecular weight is 339 g/mol. The van der Waals surface area contributed by atoms with Gasteiger partial charge in [-0.3, -0.25) is 0 Å². The van der Waals surface area contributed by atoms with Gasteiger partial charge in [-0.05, 0) is 29.8 Å². The van der Waals surface area contributed by atoms with Crippen LogP contribution in [0.4, 0.5) is 0 Å². The number of rotatable bonds is 5. The summed E-state index contributed by atoms with van der Waals surface area (Å²) in [4.78, 5) is 16.3. The van der Waals surface area contributed by atoms with Crippen LogP contribution in [0.25, 0.3) is 5.57 Å². The van der Waals surface area contributed by atoms with E-state index in [2.05, 4.69) is 11.6 Å². The number of aromatic nitrogens is 2. The number of ether oxygens (including phenoxy) is 1. The van der Waals surface area contributed by atoms with E-state index in [1.807, 2.05) is 29.0 Å². The topological polar surface area (TPSA) is 44.1 Å². The second-order valence-corrected chi connectivity index (χ2v) is 5.67. The van der Waals surface area contributed by atoms with Gasteiger partial charge in [0.1, 0.15) is 5.75 Å². The molecule has 0 atom stereocenters. The Hall–Kier alpha value is -2.85. The molecule has 1 aromatic heterocycles. The van der Waals surface area contributed by atoms with E-state index in [0.717, 1.165) is 11.1 Å². The summed E-state index contributed by atoms with van der Waals surface area (Å²) in [5.74, 6) is 0.00738. The summed E-state index contributed by atoms with van der Waals surface area (Å²) in [5, 5.41) is 0.488. The maximum atomic E-state index is 12.3. The van der Waals surface area contributed by atoms with Crippen molar-refractivity contribution in [1.82, 2.24) is 9.55 Å². The smallest absolute Gasteiger partial charge is 0.343 e. The normalized spacial score (nSPS) is 10.4. The predicted molar refractivity (Wildman–Crippen MR) is 94.1 cm³/mol. The third-order valence-corrected chi connectivity index (χ3v) is 3.70. The molecule has 2 aromatic carbocycles. The van der Waals surface area contributed by atoms with Gasteiger partial charge in [0.25, 0.3) is 0 Å². The van der Waals surface area contributed by atoms with E-state index in [1.165, 1.54) is 0 Å². The fraction of sp³-hybridized carbons (Fsp3) is 0.0526. The van der Waals surface area contributed by atoms with Gasteiger partial charge in [-0.2, -0.15) is 0 Å².